The van der Waals surface area contributed by atoms with Crippen LogP contribution in [0.5, 0.6) is 0 Å². The minimum atomic E-state index is -1.03. The lowest BCUT2D eigenvalue weighted by atomic mass is 10.2. The zero-order chi connectivity index (χ0) is 22.2. The first kappa shape index (κ1) is 22.3. The highest BCUT2D eigenvalue weighted by Gasteiger charge is 2.15. The Morgan fingerprint density at radius 3 is 2.39 bits per heavy atom. The Bertz CT molecular complexity index is 1130. The fourth-order valence-corrected chi connectivity index (χ4v) is 3.98. The Morgan fingerprint density at radius 1 is 0.968 bits per heavy atom. The number of carbonyl (C=O) groups excluding carboxylic acids is 2. The molecule has 3 N–H and O–H groups in total. The molecule has 0 fully saturated rings. The number of amides is 2. The molecule has 2 amide bonds. The van der Waals surface area contributed by atoms with Crippen LogP contribution in [0.4, 0.5) is 0 Å². The molecule has 0 bridgehead atoms. The number of rotatable bonds is 8. The fourth-order valence-electron chi connectivity index (χ4n) is 2.70. The van der Waals surface area contributed by atoms with E-state index in [1.807, 2.05) is 30.3 Å². The van der Waals surface area contributed by atoms with Crippen molar-refractivity contribution in [1.29, 1.82) is 0 Å². The summed E-state index contributed by atoms with van der Waals surface area (Å²) in [6.07, 6.45) is 1.34. The number of hydrogen-bond acceptors (Lipinski definition) is 4. The molecular formula is C23H19ClN2O4S. The third-order valence-corrected chi connectivity index (χ3v) is 5.60. The molecule has 0 spiro atoms. The third kappa shape index (κ3) is 6.28. The first-order chi connectivity index (χ1) is 14.9. The maximum Gasteiger partial charge on any atom is 0.305 e. The fraction of sp³-hybridized carbons (Fsp3) is 0.0870. The number of carbonyl (C=O) groups is 3. The van der Waals surface area contributed by atoms with Gasteiger partial charge in [0.2, 0.25) is 0 Å². The molecule has 8 heteroatoms. The van der Waals surface area contributed by atoms with E-state index in [1.165, 1.54) is 11.3 Å². The van der Waals surface area contributed by atoms with E-state index in [-0.39, 0.29) is 18.7 Å². The van der Waals surface area contributed by atoms with Crippen molar-refractivity contribution in [1.82, 2.24) is 10.6 Å². The summed E-state index contributed by atoms with van der Waals surface area (Å²) in [7, 11) is 0. The lowest BCUT2D eigenvalue weighted by molar-refractivity contribution is -0.136. The Morgan fingerprint density at radius 2 is 1.68 bits per heavy atom. The summed E-state index contributed by atoms with van der Waals surface area (Å²) in [6.45, 7) is -0.0535. The molecule has 0 radical (unpaired) electrons. The van der Waals surface area contributed by atoms with E-state index >= 15 is 0 Å². The van der Waals surface area contributed by atoms with Gasteiger partial charge in [-0.15, -0.1) is 11.3 Å². The first-order valence-corrected chi connectivity index (χ1v) is 10.6. The van der Waals surface area contributed by atoms with Crippen molar-refractivity contribution in [2.24, 2.45) is 0 Å². The zero-order valence-corrected chi connectivity index (χ0v) is 17.9. The monoisotopic (exact) mass is 454 g/mol. The second kappa shape index (κ2) is 10.6. The average Bonchev–Trinajstić information content (AvgIpc) is 3.22. The van der Waals surface area contributed by atoms with E-state index in [0.717, 1.165) is 15.3 Å². The average molecular weight is 455 g/mol. The number of nitrogens with one attached hydrogen (secondary N) is 2. The topological polar surface area (TPSA) is 95.5 Å². The van der Waals surface area contributed by atoms with Crippen molar-refractivity contribution in [2.75, 3.05) is 6.54 Å². The Labute approximate surface area is 188 Å². The zero-order valence-electron chi connectivity index (χ0n) is 16.3. The molecule has 0 aliphatic rings. The highest BCUT2D eigenvalue weighted by molar-refractivity contribution is 7.16. The van der Waals surface area contributed by atoms with Gasteiger partial charge in [0.25, 0.3) is 11.8 Å². The summed E-state index contributed by atoms with van der Waals surface area (Å²) >= 11 is 7.68. The molecule has 3 rings (SSSR count). The van der Waals surface area contributed by atoms with Crippen LogP contribution in [0.1, 0.15) is 21.7 Å². The summed E-state index contributed by atoms with van der Waals surface area (Å²) in [5.74, 6) is -2.04. The SMILES string of the molecule is O=C(O)CCNC(=O)C(=Cc1ccc(-c2ccccc2Cl)s1)NC(=O)c1ccccc1. The van der Waals surface area contributed by atoms with E-state index in [0.29, 0.717) is 10.6 Å². The van der Waals surface area contributed by atoms with Crippen molar-refractivity contribution in [3.63, 3.8) is 0 Å². The minimum absolute atomic E-state index is 0.0202. The minimum Gasteiger partial charge on any atom is -0.481 e. The molecular weight excluding hydrogens is 436 g/mol. The van der Waals surface area contributed by atoms with Gasteiger partial charge in [-0.2, -0.15) is 0 Å². The van der Waals surface area contributed by atoms with Crippen LogP contribution in [0.15, 0.2) is 72.4 Å². The number of benzene rings is 2. The summed E-state index contributed by atoms with van der Waals surface area (Å²) in [6, 6.07) is 19.6. The number of halogens is 1. The van der Waals surface area contributed by atoms with Gasteiger partial charge >= 0.3 is 5.97 Å². The molecule has 0 unspecified atom stereocenters. The Hall–Kier alpha value is -3.42. The van der Waals surface area contributed by atoms with E-state index in [4.69, 9.17) is 16.7 Å². The molecule has 0 saturated carbocycles. The van der Waals surface area contributed by atoms with E-state index < -0.39 is 17.8 Å². The lowest BCUT2D eigenvalue weighted by Gasteiger charge is -2.10. The number of carboxylic acid groups (broad SMARTS) is 1. The van der Waals surface area contributed by atoms with Gasteiger partial charge in [-0.3, -0.25) is 14.4 Å². The smallest absolute Gasteiger partial charge is 0.305 e. The normalized spacial score (nSPS) is 11.1. The highest BCUT2D eigenvalue weighted by Crippen LogP contribution is 2.33. The summed E-state index contributed by atoms with van der Waals surface area (Å²) in [4.78, 5) is 37.6. The molecule has 3 aromatic rings. The standard InChI is InChI=1S/C23H19ClN2O4S/c24-18-9-5-4-8-17(18)20-11-10-16(31-20)14-19(23(30)25-13-12-21(27)28)26-22(29)15-6-2-1-3-7-15/h1-11,14H,12-13H2,(H,25,30)(H,26,29)(H,27,28). The van der Waals surface area contributed by atoms with Gasteiger partial charge in [-0.1, -0.05) is 48.0 Å². The molecule has 158 valence electrons. The number of hydrogen-bond donors (Lipinski definition) is 3. The second-order valence-corrected chi connectivity index (χ2v) is 7.98. The van der Waals surface area contributed by atoms with Crippen LogP contribution >= 0.6 is 22.9 Å². The van der Waals surface area contributed by atoms with Crippen molar-refractivity contribution < 1.29 is 19.5 Å². The third-order valence-electron chi connectivity index (χ3n) is 4.21. The van der Waals surface area contributed by atoms with Crippen LogP contribution in [0.3, 0.4) is 0 Å². The van der Waals surface area contributed by atoms with E-state index in [1.54, 1.807) is 42.5 Å². The van der Waals surface area contributed by atoms with Crippen molar-refractivity contribution >= 4 is 46.8 Å². The molecule has 0 saturated heterocycles. The largest absolute Gasteiger partial charge is 0.481 e. The van der Waals surface area contributed by atoms with Gasteiger partial charge in [0.15, 0.2) is 0 Å². The highest BCUT2D eigenvalue weighted by atomic mass is 35.5. The van der Waals surface area contributed by atoms with Crippen LogP contribution in [0.25, 0.3) is 16.5 Å². The van der Waals surface area contributed by atoms with Crippen LogP contribution in [-0.2, 0) is 9.59 Å². The van der Waals surface area contributed by atoms with Crippen molar-refractivity contribution in [3.05, 3.63) is 87.9 Å². The van der Waals surface area contributed by atoms with Crippen LogP contribution < -0.4 is 10.6 Å². The van der Waals surface area contributed by atoms with Crippen LogP contribution in [0.2, 0.25) is 5.02 Å². The lowest BCUT2D eigenvalue weighted by Crippen LogP contribution is -2.35. The molecule has 1 heterocycles. The van der Waals surface area contributed by atoms with Gasteiger partial charge in [0.1, 0.15) is 5.70 Å². The number of carboxylic acids is 1. The van der Waals surface area contributed by atoms with Gasteiger partial charge in [0.05, 0.1) is 6.42 Å². The van der Waals surface area contributed by atoms with E-state index in [9.17, 15) is 14.4 Å². The summed E-state index contributed by atoms with van der Waals surface area (Å²) < 4.78 is 0. The van der Waals surface area contributed by atoms with Gasteiger partial charge in [-0.25, -0.2) is 0 Å². The summed E-state index contributed by atoms with van der Waals surface area (Å²) in [5.41, 5.74) is 1.29. The van der Waals surface area contributed by atoms with Gasteiger partial charge in [0, 0.05) is 32.4 Å². The maximum atomic E-state index is 12.6. The van der Waals surface area contributed by atoms with Crippen LogP contribution in [-0.4, -0.2) is 29.4 Å². The Balaban J connectivity index is 1.85. The molecule has 2 aromatic carbocycles. The Kier molecular flexibility index (Phi) is 7.59. The number of aliphatic carboxylic acids is 1. The second-order valence-electron chi connectivity index (χ2n) is 6.46. The van der Waals surface area contributed by atoms with Gasteiger partial charge < -0.3 is 15.7 Å². The van der Waals surface area contributed by atoms with E-state index in [2.05, 4.69) is 10.6 Å². The molecule has 1 aromatic heterocycles. The predicted molar refractivity (Wildman–Crippen MR) is 122 cm³/mol. The molecule has 31 heavy (non-hydrogen) atoms. The molecule has 0 aliphatic carbocycles. The van der Waals surface area contributed by atoms with Crippen molar-refractivity contribution in [2.45, 2.75) is 6.42 Å². The van der Waals surface area contributed by atoms with Gasteiger partial charge in [-0.05, 0) is 36.4 Å². The molecule has 0 aliphatic heterocycles. The predicted octanol–water partition coefficient (Wildman–Crippen LogP) is 4.43. The van der Waals surface area contributed by atoms with Crippen molar-refractivity contribution in [3.8, 4) is 10.4 Å². The molecule has 0 atom stereocenters. The number of thiophene rings is 1. The maximum absolute atomic E-state index is 12.6. The van der Waals surface area contributed by atoms with Crippen LogP contribution in [0, 0.1) is 0 Å². The quantitative estimate of drug-likeness (QED) is 0.439. The molecule has 6 nitrogen and oxygen atoms in total. The first-order valence-electron chi connectivity index (χ1n) is 9.37. The summed E-state index contributed by atoms with van der Waals surface area (Å²) in [5, 5.41) is 14.5.